The van der Waals surface area contributed by atoms with Gasteiger partial charge in [-0.25, -0.2) is 14.8 Å². The molecule has 29 heavy (non-hydrogen) atoms. The van der Waals surface area contributed by atoms with Gasteiger partial charge in [-0.3, -0.25) is 13.9 Å². The molecule has 0 fully saturated rings. The van der Waals surface area contributed by atoms with Crippen LogP contribution in [0.15, 0.2) is 32.8 Å². The second-order valence-electron chi connectivity index (χ2n) is 6.17. The van der Waals surface area contributed by atoms with Gasteiger partial charge in [0.2, 0.25) is 0 Å². The van der Waals surface area contributed by atoms with Crippen molar-refractivity contribution in [3.05, 3.63) is 39.0 Å². The van der Waals surface area contributed by atoms with Gasteiger partial charge >= 0.3 is 5.69 Å². The molecule has 2 aromatic heterocycles. The molecule has 0 aliphatic heterocycles. The van der Waals surface area contributed by atoms with Gasteiger partial charge in [0.25, 0.3) is 5.56 Å². The molecule has 1 aromatic carbocycles. The molecule has 0 unspecified atom stereocenters. The summed E-state index contributed by atoms with van der Waals surface area (Å²) in [7, 11) is 7.73. The third-order valence-corrected chi connectivity index (χ3v) is 5.37. The van der Waals surface area contributed by atoms with E-state index in [1.807, 2.05) is 0 Å². The second-order valence-corrected chi connectivity index (χ2v) is 7.25. The van der Waals surface area contributed by atoms with Crippen LogP contribution in [0.5, 0.6) is 11.5 Å². The van der Waals surface area contributed by atoms with E-state index in [1.54, 1.807) is 46.6 Å². The van der Waals surface area contributed by atoms with Crippen LogP contribution in [-0.4, -0.2) is 52.8 Å². The van der Waals surface area contributed by atoms with Crippen molar-refractivity contribution in [2.45, 2.75) is 5.03 Å². The first kappa shape index (κ1) is 20.9. The Morgan fingerprint density at radius 3 is 2.38 bits per heavy atom. The number of fused-ring (bicyclic) bond motifs is 1. The molecule has 0 saturated carbocycles. The van der Waals surface area contributed by atoms with Gasteiger partial charge in [0.05, 0.1) is 20.8 Å². The largest absolute Gasteiger partial charge is 0.493 e. The number of hydrogen-bond donors (Lipinski definition) is 0. The molecular weight excluding hydrogens is 396 g/mol. The number of ether oxygens (including phenoxy) is 3. The number of methoxy groups -OCH3 is 3. The number of rotatable bonds is 7. The molecule has 9 nitrogen and oxygen atoms in total. The zero-order valence-electron chi connectivity index (χ0n) is 16.9. The van der Waals surface area contributed by atoms with Crippen molar-refractivity contribution < 1.29 is 14.2 Å². The molecule has 0 saturated heterocycles. The highest BCUT2D eigenvalue weighted by Crippen LogP contribution is 2.32. The Labute approximate surface area is 171 Å². The Morgan fingerprint density at radius 2 is 1.72 bits per heavy atom. The highest BCUT2D eigenvalue weighted by molar-refractivity contribution is 7.99. The van der Waals surface area contributed by atoms with Crippen LogP contribution >= 0.6 is 11.8 Å². The van der Waals surface area contributed by atoms with Crippen molar-refractivity contribution in [2.75, 3.05) is 33.7 Å². The van der Waals surface area contributed by atoms with Crippen molar-refractivity contribution in [3.63, 3.8) is 0 Å². The third kappa shape index (κ3) is 3.85. The van der Waals surface area contributed by atoms with Crippen LogP contribution in [0.3, 0.4) is 0 Å². The summed E-state index contributed by atoms with van der Waals surface area (Å²) >= 11 is 1.38. The predicted molar refractivity (Wildman–Crippen MR) is 111 cm³/mol. The van der Waals surface area contributed by atoms with Gasteiger partial charge in [0, 0.05) is 32.5 Å². The highest BCUT2D eigenvalue weighted by atomic mass is 32.2. The van der Waals surface area contributed by atoms with Crippen molar-refractivity contribution in [2.24, 2.45) is 14.1 Å². The van der Waals surface area contributed by atoms with Gasteiger partial charge in [-0.05, 0) is 18.2 Å². The van der Waals surface area contributed by atoms with Gasteiger partial charge in [-0.15, -0.1) is 11.8 Å². The topological polar surface area (TPSA) is 97.5 Å². The normalized spacial score (nSPS) is 11.1. The number of aryl methyl sites for hydroxylation is 1. The lowest BCUT2D eigenvalue weighted by Gasteiger charge is -2.13. The van der Waals surface area contributed by atoms with Crippen LogP contribution in [-0.2, 0) is 18.8 Å². The molecule has 0 atom stereocenters. The minimum absolute atomic E-state index is 0.276. The zero-order chi connectivity index (χ0) is 21.1. The summed E-state index contributed by atoms with van der Waals surface area (Å²) in [5, 5.41) is 0.799. The fraction of sp³-hybridized carbons (Fsp3) is 0.368. The highest BCUT2D eigenvalue weighted by Gasteiger charge is 2.19. The van der Waals surface area contributed by atoms with Crippen LogP contribution in [0.2, 0.25) is 0 Å². The minimum Gasteiger partial charge on any atom is -0.493 e. The maximum atomic E-state index is 12.8. The first-order valence-electron chi connectivity index (χ1n) is 8.74. The summed E-state index contributed by atoms with van der Waals surface area (Å²) in [4.78, 5) is 34.3. The van der Waals surface area contributed by atoms with E-state index < -0.39 is 11.2 Å². The smallest absolute Gasteiger partial charge is 0.332 e. The Hall–Kier alpha value is -2.85. The predicted octanol–water partition coefficient (Wildman–Crippen LogP) is 1.45. The fourth-order valence-electron chi connectivity index (χ4n) is 2.86. The Morgan fingerprint density at radius 1 is 1.00 bits per heavy atom. The lowest BCUT2D eigenvalue weighted by Crippen LogP contribution is -2.37. The van der Waals surface area contributed by atoms with Gasteiger partial charge in [0.1, 0.15) is 10.4 Å². The van der Waals surface area contributed by atoms with Crippen LogP contribution < -0.4 is 20.7 Å². The Bertz CT molecular complexity index is 1170. The lowest BCUT2D eigenvalue weighted by molar-refractivity contribution is 0.218. The molecule has 0 amide bonds. The number of benzene rings is 1. The summed E-state index contributed by atoms with van der Waals surface area (Å²) in [6.07, 6.45) is 0. The summed E-state index contributed by atoms with van der Waals surface area (Å²) in [6, 6.07) is 5.30. The van der Waals surface area contributed by atoms with E-state index in [1.165, 1.54) is 23.4 Å². The van der Waals surface area contributed by atoms with E-state index in [0.717, 1.165) is 4.57 Å². The number of nitrogens with zero attached hydrogens (tertiary/aromatic N) is 4. The lowest BCUT2D eigenvalue weighted by atomic mass is 10.2. The van der Waals surface area contributed by atoms with E-state index in [4.69, 9.17) is 14.2 Å². The average molecular weight is 418 g/mol. The standard InChI is InChI=1S/C19H22N4O5S/c1-22-16-14(18(24)23(2)19(22)25)17(29-9-8-26-3)21-15(20-16)11-6-7-12(27-4)13(10-11)28-5/h6-7,10H,8-9H2,1-5H3. The number of thioether (sulfide) groups is 1. The molecule has 0 radical (unpaired) electrons. The van der Waals surface area contributed by atoms with Crippen molar-refractivity contribution in [1.82, 2.24) is 19.1 Å². The molecule has 0 aliphatic carbocycles. The molecule has 0 aliphatic rings. The van der Waals surface area contributed by atoms with Gasteiger partial charge in [-0.2, -0.15) is 0 Å². The average Bonchev–Trinajstić information content (AvgIpc) is 2.75. The van der Waals surface area contributed by atoms with Crippen LogP contribution in [0.4, 0.5) is 0 Å². The number of aromatic nitrogens is 4. The second kappa shape index (κ2) is 8.66. The molecule has 154 valence electrons. The Balaban J connectivity index is 2.29. The quantitative estimate of drug-likeness (QED) is 0.323. The van der Waals surface area contributed by atoms with Crippen molar-refractivity contribution in [3.8, 4) is 22.9 Å². The molecular formula is C19H22N4O5S. The van der Waals surface area contributed by atoms with E-state index >= 15 is 0 Å². The summed E-state index contributed by atoms with van der Waals surface area (Å²) in [6.45, 7) is 0.494. The summed E-state index contributed by atoms with van der Waals surface area (Å²) in [5.74, 6) is 2.08. The molecule has 2 heterocycles. The molecule has 0 spiro atoms. The van der Waals surface area contributed by atoms with Gasteiger partial charge in [0.15, 0.2) is 23.0 Å². The van der Waals surface area contributed by atoms with E-state index in [-0.39, 0.29) is 5.65 Å². The fourth-order valence-corrected chi connectivity index (χ4v) is 3.78. The van der Waals surface area contributed by atoms with Gasteiger partial charge < -0.3 is 14.2 Å². The monoisotopic (exact) mass is 418 g/mol. The third-order valence-electron chi connectivity index (χ3n) is 4.43. The molecule has 10 heteroatoms. The summed E-state index contributed by atoms with van der Waals surface area (Å²) < 4.78 is 18.2. The Kier molecular flexibility index (Phi) is 6.23. The maximum Gasteiger partial charge on any atom is 0.332 e. The zero-order valence-corrected chi connectivity index (χ0v) is 17.7. The van der Waals surface area contributed by atoms with Crippen LogP contribution in [0.25, 0.3) is 22.4 Å². The van der Waals surface area contributed by atoms with E-state index in [9.17, 15) is 9.59 Å². The molecule has 3 rings (SSSR count). The molecule has 0 N–H and O–H groups in total. The van der Waals surface area contributed by atoms with Crippen molar-refractivity contribution in [1.29, 1.82) is 0 Å². The first-order valence-corrected chi connectivity index (χ1v) is 9.73. The van der Waals surface area contributed by atoms with Crippen LogP contribution in [0, 0.1) is 0 Å². The van der Waals surface area contributed by atoms with Gasteiger partial charge in [-0.1, -0.05) is 0 Å². The minimum atomic E-state index is -0.452. The number of hydrogen-bond acceptors (Lipinski definition) is 8. The van der Waals surface area contributed by atoms with E-state index in [2.05, 4.69) is 9.97 Å². The molecule has 3 aromatic rings. The maximum absolute atomic E-state index is 12.8. The SMILES string of the molecule is COCCSc1nc(-c2ccc(OC)c(OC)c2)nc2c1c(=O)n(C)c(=O)n2C. The van der Waals surface area contributed by atoms with E-state index in [0.29, 0.717) is 45.7 Å². The first-order chi connectivity index (χ1) is 13.9. The van der Waals surface area contributed by atoms with Crippen molar-refractivity contribution >= 4 is 22.8 Å². The van der Waals surface area contributed by atoms with Crippen LogP contribution in [0.1, 0.15) is 0 Å². The summed E-state index contributed by atoms with van der Waals surface area (Å²) in [5.41, 5.74) is 0.0678. The molecule has 0 bridgehead atoms.